The molecule has 2 aromatic rings. The van der Waals surface area contributed by atoms with E-state index in [1.54, 1.807) is 49.1 Å². The van der Waals surface area contributed by atoms with Gasteiger partial charge in [-0.2, -0.15) is 26.3 Å². The van der Waals surface area contributed by atoms with Crippen molar-refractivity contribution in [3.05, 3.63) is 57.6 Å². The smallest absolute Gasteiger partial charge is 0.372 e. The number of hydrogen-bond acceptors (Lipinski definition) is 4. The van der Waals surface area contributed by atoms with Crippen molar-refractivity contribution in [3.8, 4) is 0 Å². The number of nitrogens with one attached hydrogen (secondary N) is 2. The number of nitrogens with zero attached hydrogens (tertiary/aromatic N) is 2. The summed E-state index contributed by atoms with van der Waals surface area (Å²) in [6, 6.07) is 6.77. The largest absolute Gasteiger partial charge is 0.411 e. The Bertz CT molecular complexity index is 1350. The van der Waals surface area contributed by atoms with Crippen LogP contribution in [0.25, 0.3) is 6.08 Å². The van der Waals surface area contributed by atoms with Crippen molar-refractivity contribution in [3.63, 3.8) is 0 Å². The number of hydrogen-bond donors (Lipinski definition) is 2. The molecule has 1 unspecified atom stereocenters. The number of ether oxygens (including phenoxy) is 1. The number of carbonyl (C=O) groups is 1. The predicted molar refractivity (Wildman–Crippen MR) is 158 cm³/mol. The quantitative estimate of drug-likeness (QED) is 0.117. The molecule has 236 valence electrons. The molecule has 43 heavy (non-hydrogen) atoms. The van der Waals surface area contributed by atoms with Crippen LogP contribution in [-0.4, -0.2) is 50.4 Å². The molecule has 2 N–H and O–H groups in total. The normalized spacial score (nSPS) is 16.3. The zero-order valence-corrected chi connectivity index (χ0v) is 25.1. The molecule has 3 rings (SSSR count). The number of piperidine rings is 1. The van der Waals surface area contributed by atoms with E-state index in [0.717, 1.165) is 5.56 Å². The molecule has 0 radical (unpaired) electrons. The van der Waals surface area contributed by atoms with E-state index in [0.29, 0.717) is 52.0 Å². The predicted octanol–water partition coefficient (Wildman–Crippen LogP) is 8.47. The lowest BCUT2D eigenvalue weighted by Gasteiger charge is -2.36. The molecule has 0 aromatic heterocycles. The van der Waals surface area contributed by atoms with Gasteiger partial charge in [-0.25, -0.2) is 4.99 Å². The van der Waals surface area contributed by atoms with E-state index in [9.17, 15) is 31.1 Å². The molecule has 0 aliphatic carbocycles. The van der Waals surface area contributed by atoms with Gasteiger partial charge in [0, 0.05) is 37.3 Å². The number of amides is 1. The maximum absolute atomic E-state index is 13.3. The number of rotatable bonds is 10. The van der Waals surface area contributed by atoms with Gasteiger partial charge in [0.15, 0.2) is 0 Å². The second kappa shape index (κ2) is 14.7. The van der Waals surface area contributed by atoms with Crippen LogP contribution in [0.4, 0.5) is 43.4 Å². The van der Waals surface area contributed by atoms with Gasteiger partial charge in [0.25, 0.3) is 0 Å². The topological polar surface area (TPSA) is 66.0 Å². The first kappa shape index (κ1) is 34.5. The van der Waals surface area contributed by atoms with Crippen LogP contribution in [0.3, 0.4) is 0 Å². The second-order valence-electron chi connectivity index (χ2n) is 10.1. The SMILES string of the molecule is C=Cc1ccc(CNC(=O)CCOCC(F)(F)F)c(Cl)c1N=C(C)Nc1cc(Cl)c(N2CCCC(C(F)(F)F)C2)cc1C. The molecule has 1 amide bonds. The maximum Gasteiger partial charge on any atom is 0.411 e. The van der Waals surface area contributed by atoms with Gasteiger partial charge in [0.05, 0.1) is 33.9 Å². The van der Waals surface area contributed by atoms with Crippen LogP contribution in [0.15, 0.2) is 35.8 Å². The Hall–Kier alpha value is -2.96. The lowest BCUT2D eigenvalue weighted by molar-refractivity contribution is -0.176. The third kappa shape index (κ3) is 10.0. The van der Waals surface area contributed by atoms with Crippen LogP contribution in [0.5, 0.6) is 0 Å². The van der Waals surface area contributed by atoms with Crippen LogP contribution in [-0.2, 0) is 16.1 Å². The maximum atomic E-state index is 13.3. The zero-order chi connectivity index (χ0) is 31.9. The minimum Gasteiger partial charge on any atom is -0.372 e. The molecule has 0 bridgehead atoms. The first-order valence-corrected chi connectivity index (χ1v) is 14.1. The number of aliphatic imine (C=N–C) groups is 1. The van der Waals surface area contributed by atoms with Gasteiger partial charge in [0.2, 0.25) is 5.91 Å². The summed E-state index contributed by atoms with van der Waals surface area (Å²) in [6.07, 6.45) is -6.92. The van der Waals surface area contributed by atoms with Gasteiger partial charge in [-0.1, -0.05) is 48.0 Å². The monoisotopic (exact) mass is 652 g/mol. The molecule has 0 saturated carbocycles. The summed E-state index contributed by atoms with van der Waals surface area (Å²) in [4.78, 5) is 18.3. The van der Waals surface area contributed by atoms with Crippen molar-refractivity contribution in [2.75, 3.05) is 36.5 Å². The minimum atomic E-state index is -4.47. The van der Waals surface area contributed by atoms with E-state index in [2.05, 4.69) is 26.9 Å². The fraction of sp³-hybridized carbons (Fsp3) is 0.448. The van der Waals surface area contributed by atoms with Crippen molar-refractivity contribution < 1.29 is 35.9 Å². The molecular weight excluding hydrogens is 621 g/mol. The molecule has 6 nitrogen and oxygen atoms in total. The van der Waals surface area contributed by atoms with Gasteiger partial charge >= 0.3 is 12.4 Å². The van der Waals surface area contributed by atoms with Crippen LogP contribution in [0.2, 0.25) is 10.0 Å². The van der Waals surface area contributed by atoms with Crippen molar-refractivity contribution in [1.82, 2.24) is 5.32 Å². The zero-order valence-electron chi connectivity index (χ0n) is 23.6. The average Bonchev–Trinajstić information content (AvgIpc) is 2.92. The van der Waals surface area contributed by atoms with E-state index in [1.807, 2.05) is 0 Å². The van der Waals surface area contributed by atoms with Crippen molar-refractivity contribution in [2.45, 2.75) is 52.0 Å². The minimum absolute atomic E-state index is 0.00519. The summed E-state index contributed by atoms with van der Waals surface area (Å²) in [5.74, 6) is -1.49. The Labute approximate surface area is 256 Å². The second-order valence-corrected chi connectivity index (χ2v) is 10.9. The summed E-state index contributed by atoms with van der Waals surface area (Å²) in [5.41, 5.74) is 3.38. The van der Waals surface area contributed by atoms with Crippen LogP contribution >= 0.6 is 23.2 Å². The summed E-state index contributed by atoms with van der Waals surface area (Å²) in [6.45, 7) is 5.80. The molecule has 14 heteroatoms. The highest BCUT2D eigenvalue weighted by Crippen LogP contribution is 2.39. The Morgan fingerprint density at radius 2 is 1.93 bits per heavy atom. The number of alkyl halides is 6. The van der Waals surface area contributed by atoms with E-state index < -0.39 is 30.8 Å². The summed E-state index contributed by atoms with van der Waals surface area (Å²) >= 11 is 13.1. The first-order valence-electron chi connectivity index (χ1n) is 13.4. The van der Waals surface area contributed by atoms with Crippen molar-refractivity contribution in [1.29, 1.82) is 0 Å². The first-order chi connectivity index (χ1) is 20.1. The van der Waals surface area contributed by atoms with Gasteiger partial charge in [-0.15, -0.1) is 0 Å². The summed E-state index contributed by atoms with van der Waals surface area (Å²) < 4.78 is 80.9. The van der Waals surface area contributed by atoms with Gasteiger partial charge in [-0.3, -0.25) is 4.79 Å². The van der Waals surface area contributed by atoms with E-state index in [-0.39, 0.29) is 37.6 Å². The highest BCUT2D eigenvalue weighted by atomic mass is 35.5. The highest BCUT2D eigenvalue weighted by molar-refractivity contribution is 6.34. The Morgan fingerprint density at radius 3 is 2.58 bits per heavy atom. The third-order valence-corrected chi connectivity index (χ3v) is 7.50. The van der Waals surface area contributed by atoms with E-state index in [4.69, 9.17) is 23.2 Å². The van der Waals surface area contributed by atoms with Crippen LogP contribution in [0.1, 0.15) is 42.9 Å². The average molecular weight is 653 g/mol. The Balaban J connectivity index is 1.72. The highest BCUT2D eigenvalue weighted by Gasteiger charge is 2.42. The molecule has 1 saturated heterocycles. The molecule has 1 fully saturated rings. The molecule has 1 aliphatic heterocycles. The molecule has 1 heterocycles. The Morgan fingerprint density at radius 1 is 1.21 bits per heavy atom. The van der Waals surface area contributed by atoms with Crippen LogP contribution in [0, 0.1) is 12.8 Å². The van der Waals surface area contributed by atoms with E-state index >= 15 is 0 Å². The number of benzene rings is 2. The number of halogens is 8. The lowest BCUT2D eigenvalue weighted by atomic mass is 9.96. The van der Waals surface area contributed by atoms with Crippen LogP contribution < -0.4 is 15.5 Å². The number of carbonyl (C=O) groups excluding carboxylic acids is 1. The Kier molecular flexibility index (Phi) is 11.8. The van der Waals surface area contributed by atoms with Gasteiger partial charge in [-0.05, 0) is 49.9 Å². The van der Waals surface area contributed by atoms with Crippen molar-refractivity contribution >= 4 is 58.1 Å². The molecule has 0 spiro atoms. The molecule has 2 aromatic carbocycles. The lowest BCUT2D eigenvalue weighted by Crippen LogP contribution is -2.41. The number of aryl methyl sites for hydroxylation is 1. The third-order valence-electron chi connectivity index (χ3n) is 6.78. The van der Waals surface area contributed by atoms with E-state index in [1.165, 1.54) is 0 Å². The molecule has 1 atom stereocenters. The standard InChI is InChI=1S/C29H32Cl2F6N4O2/c1-4-19-7-8-20(14-38-25(42)9-11-43-16-28(32,33)34)26(31)27(19)40-18(3)39-23-13-22(30)24(12-17(23)2)41-10-5-6-21(15-41)29(35,36)37/h4,7-8,12-13,21H,1,5-6,9-11,14-16H2,2-3H3,(H,38,42)(H,39,40). The molecular formula is C29H32Cl2F6N4O2. The van der Waals surface area contributed by atoms with Crippen molar-refractivity contribution in [2.24, 2.45) is 10.9 Å². The fourth-order valence-electron chi connectivity index (χ4n) is 4.57. The summed E-state index contributed by atoms with van der Waals surface area (Å²) in [5, 5.41) is 6.30. The molecule has 1 aliphatic rings. The van der Waals surface area contributed by atoms with Gasteiger partial charge < -0.3 is 20.3 Å². The number of anilines is 2. The van der Waals surface area contributed by atoms with Gasteiger partial charge in [0.1, 0.15) is 12.4 Å². The summed E-state index contributed by atoms with van der Waals surface area (Å²) in [7, 11) is 0. The number of amidine groups is 1. The fourth-order valence-corrected chi connectivity index (χ4v) is 5.13.